The summed E-state index contributed by atoms with van der Waals surface area (Å²) in [6.07, 6.45) is 2.04. The molecule has 0 saturated heterocycles. The van der Waals surface area contributed by atoms with Gasteiger partial charge in [-0.25, -0.2) is 14.8 Å². The summed E-state index contributed by atoms with van der Waals surface area (Å²) in [4.78, 5) is 40.9. The molecule has 0 fully saturated rings. The van der Waals surface area contributed by atoms with Gasteiger partial charge in [0.15, 0.2) is 0 Å². The predicted molar refractivity (Wildman–Crippen MR) is 75.0 cm³/mol. The van der Waals surface area contributed by atoms with Gasteiger partial charge in [0.05, 0.1) is 5.69 Å². The fourth-order valence-electron chi connectivity index (χ4n) is 1.68. The summed E-state index contributed by atoms with van der Waals surface area (Å²) in [5.74, 6) is 0.201. The third kappa shape index (κ3) is 3.81. The molecule has 2 rings (SSSR count). The van der Waals surface area contributed by atoms with Crippen LogP contribution < -0.4 is 10.9 Å². The number of aliphatic carboxylic acids is 1. The Balaban J connectivity index is 1.88. The minimum atomic E-state index is -1.07. The highest BCUT2D eigenvalue weighted by atomic mass is 32.2. The average molecular weight is 311 g/mol. The maximum atomic E-state index is 11.7. The molecular formula is C11H13N5O4S. The molecule has 1 amide bonds. The number of hydrogen-bond acceptors (Lipinski definition) is 6. The van der Waals surface area contributed by atoms with Crippen LogP contribution in [0.25, 0.3) is 5.78 Å². The van der Waals surface area contributed by atoms with E-state index in [0.717, 1.165) is 0 Å². The number of carboxylic acid groups (broad SMARTS) is 1. The first kappa shape index (κ1) is 15.0. The van der Waals surface area contributed by atoms with Crippen LogP contribution in [0, 0.1) is 0 Å². The normalized spacial score (nSPS) is 12.2. The molecule has 9 nitrogen and oxygen atoms in total. The minimum Gasteiger partial charge on any atom is -0.480 e. The van der Waals surface area contributed by atoms with Crippen molar-refractivity contribution in [2.75, 3.05) is 5.75 Å². The van der Waals surface area contributed by atoms with Crippen LogP contribution in [-0.4, -0.2) is 48.9 Å². The van der Waals surface area contributed by atoms with E-state index in [1.165, 1.54) is 28.7 Å². The number of H-pyrrole nitrogens is 1. The van der Waals surface area contributed by atoms with Gasteiger partial charge in [-0.15, -0.1) is 0 Å². The number of fused-ring (bicyclic) bond motifs is 1. The van der Waals surface area contributed by atoms with Crippen LogP contribution in [0.3, 0.4) is 0 Å². The van der Waals surface area contributed by atoms with Crippen molar-refractivity contribution < 1.29 is 14.7 Å². The highest BCUT2D eigenvalue weighted by Crippen LogP contribution is 2.11. The Morgan fingerprint density at radius 2 is 2.43 bits per heavy atom. The molecule has 0 saturated carbocycles. The number of nitrogens with one attached hydrogen (secondary N) is 2. The zero-order chi connectivity index (χ0) is 15.2. The molecule has 10 heteroatoms. The lowest BCUT2D eigenvalue weighted by Gasteiger charge is -2.10. The second kappa shape index (κ2) is 6.88. The first-order chi connectivity index (χ1) is 10.1. The summed E-state index contributed by atoms with van der Waals surface area (Å²) in [7, 11) is 0. The van der Waals surface area contributed by atoms with Gasteiger partial charge in [-0.2, -0.15) is 16.3 Å². The van der Waals surface area contributed by atoms with E-state index >= 15 is 0 Å². The maximum absolute atomic E-state index is 11.7. The number of aromatic amines is 1. The summed E-state index contributed by atoms with van der Waals surface area (Å²) in [5.41, 5.74) is 0.325. The SMILES string of the molecule is O=CNC(CCSCc1cc(=O)n2[nH]cnc2n1)C(=O)O. The molecule has 0 radical (unpaired) electrons. The Morgan fingerprint density at radius 3 is 3.14 bits per heavy atom. The molecule has 2 heterocycles. The summed E-state index contributed by atoms with van der Waals surface area (Å²) >= 11 is 1.43. The van der Waals surface area contributed by atoms with E-state index in [4.69, 9.17) is 5.11 Å². The van der Waals surface area contributed by atoms with Crippen molar-refractivity contribution in [2.24, 2.45) is 0 Å². The molecule has 0 aliphatic heterocycles. The number of nitrogens with zero attached hydrogens (tertiary/aromatic N) is 3. The van der Waals surface area contributed by atoms with E-state index in [0.29, 0.717) is 35.8 Å². The molecule has 2 aromatic heterocycles. The second-order valence-electron chi connectivity index (χ2n) is 4.13. The van der Waals surface area contributed by atoms with E-state index < -0.39 is 12.0 Å². The monoisotopic (exact) mass is 311 g/mol. The van der Waals surface area contributed by atoms with Gasteiger partial charge in [0.1, 0.15) is 12.4 Å². The number of carboxylic acids is 1. The predicted octanol–water partition coefficient (Wildman–Crippen LogP) is -0.760. The molecule has 1 atom stereocenters. The quantitative estimate of drug-likeness (QED) is 0.431. The summed E-state index contributed by atoms with van der Waals surface area (Å²) in [6.45, 7) is 0. The lowest BCUT2D eigenvalue weighted by atomic mass is 10.2. The van der Waals surface area contributed by atoms with Crippen molar-refractivity contribution in [1.82, 2.24) is 24.9 Å². The van der Waals surface area contributed by atoms with Gasteiger partial charge in [-0.05, 0) is 12.2 Å². The Morgan fingerprint density at radius 1 is 1.62 bits per heavy atom. The summed E-state index contributed by atoms with van der Waals surface area (Å²) in [5, 5.41) is 13.7. The number of thioether (sulfide) groups is 1. The first-order valence-electron chi connectivity index (χ1n) is 6.04. The molecule has 0 aromatic carbocycles. The third-order valence-corrected chi connectivity index (χ3v) is 3.71. The first-order valence-corrected chi connectivity index (χ1v) is 7.19. The van der Waals surface area contributed by atoms with Crippen molar-refractivity contribution in [3.63, 3.8) is 0 Å². The lowest BCUT2D eigenvalue weighted by Crippen LogP contribution is -2.36. The Labute approximate surface area is 122 Å². The third-order valence-electron chi connectivity index (χ3n) is 2.69. The van der Waals surface area contributed by atoms with Gasteiger partial charge in [-0.3, -0.25) is 14.7 Å². The Hall–Kier alpha value is -2.36. The van der Waals surface area contributed by atoms with Crippen molar-refractivity contribution in [2.45, 2.75) is 18.2 Å². The van der Waals surface area contributed by atoms with Crippen LogP contribution in [0.15, 0.2) is 17.2 Å². The van der Waals surface area contributed by atoms with Gasteiger partial charge in [-0.1, -0.05) is 0 Å². The van der Waals surface area contributed by atoms with Gasteiger partial charge in [0.2, 0.25) is 6.41 Å². The molecule has 112 valence electrons. The highest BCUT2D eigenvalue weighted by Gasteiger charge is 2.15. The van der Waals surface area contributed by atoms with E-state index in [9.17, 15) is 14.4 Å². The molecule has 2 aromatic rings. The van der Waals surface area contributed by atoms with Crippen molar-refractivity contribution in [1.29, 1.82) is 0 Å². The molecule has 3 N–H and O–H groups in total. The fourth-order valence-corrected chi connectivity index (χ4v) is 2.58. The molecule has 0 aliphatic carbocycles. The number of carbonyl (C=O) groups is 2. The molecular weight excluding hydrogens is 298 g/mol. The summed E-state index contributed by atoms with van der Waals surface area (Å²) in [6, 6.07) is 0.499. The van der Waals surface area contributed by atoms with E-state index in [2.05, 4.69) is 20.4 Å². The van der Waals surface area contributed by atoms with Gasteiger partial charge >= 0.3 is 5.97 Å². The topological polar surface area (TPSA) is 129 Å². The van der Waals surface area contributed by atoms with Gasteiger partial charge in [0.25, 0.3) is 11.3 Å². The van der Waals surface area contributed by atoms with Crippen LogP contribution in [0.1, 0.15) is 12.1 Å². The van der Waals surface area contributed by atoms with Crippen LogP contribution in [0.2, 0.25) is 0 Å². The maximum Gasteiger partial charge on any atom is 0.326 e. The van der Waals surface area contributed by atoms with Crippen molar-refractivity contribution in [3.8, 4) is 0 Å². The Kier molecular flexibility index (Phi) is 4.93. The van der Waals surface area contributed by atoms with Gasteiger partial charge < -0.3 is 10.4 Å². The number of aromatic nitrogens is 4. The fraction of sp³-hybridized carbons (Fsp3) is 0.364. The highest BCUT2D eigenvalue weighted by molar-refractivity contribution is 7.98. The lowest BCUT2D eigenvalue weighted by molar-refractivity contribution is -0.140. The molecule has 21 heavy (non-hydrogen) atoms. The zero-order valence-corrected chi connectivity index (χ0v) is 11.7. The van der Waals surface area contributed by atoms with Crippen LogP contribution >= 0.6 is 11.8 Å². The smallest absolute Gasteiger partial charge is 0.326 e. The largest absolute Gasteiger partial charge is 0.480 e. The van der Waals surface area contributed by atoms with Crippen LogP contribution in [0.5, 0.6) is 0 Å². The average Bonchev–Trinajstić information content (AvgIpc) is 2.91. The Bertz CT molecular complexity index is 697. The number of carbonyl (C=O) groups excluding carboxylic acids is 1. The minimum absolute atomic E-state index is 0.251. The molecule has 0 aliphatic rings. The van der Waals surface area contributed by atoms with Gasteiger partial charge in [0, 0.05) is 11.8 Å². The number of hydrogen-bond donors (Lipinski definition) is 3. The molecule has 0 spiro atoms. The molecule has 0 bridgehead atoms. The zero-order valence-electron chi connectivity index (χ0n) is 10.9. The van der Waals surface area contributed by atoms with Crippen LogP contribution in [-0.2, 0) is 15.3 Å². The van der Waals surface area contributed by atoms with E-state index in [1.807, 2.05) is 0 Å². The standard InChI is InChI=1S/C11H13N5O4S/c17-6-13-8(10(19)20)1-2-21-4-7-3-9(18)16-11(15-7)12-5-14-16/h3,5-6,8H,1-2,4H2,(H,13,17)(H,19,20)(H,12,14,15). The van der Waals surface area contributed by atoms with Crippen LogP contribution in [0.4, 0.5) is 0 Å². The number of rotatable bonds is 8. The van der Waals surface area contributed by atoms with E-state index in [-0.39, 0.29) is 5.56 Å². The summed E-state index contributed by atoms with van der Waals surface area (Å²) < 4.78 is 1.22. The number of amides is 1. The second-order valence-corrected chi connectivity index (χ2v) is 5.23. The molecule has 1 unspecified atom stereocenters. The van der Waals surface area contributed by atoms with Crippen molar-refractivity contribution in [3.05, 3.63) is 28.4 Å². The van der Waals surface area contributed by atoms with Crippen molar-refractivity contribution >= 4 is 29.9 Å². The van der Waals surface area contributed by atoms with E-state index in [1.54, 1.807) is 0 Å².